The first-order valence-electron chi connectivity index (χ1n) is 8.58. The van der Waals surface area contributed by atoms with E-state index < -0.39 is 0 Å². The van der Waals surface area contributed by atoms with Crippen molar-refractivity contribution in [3.63, 3.8) is 0 Å². The van der Waals surface area contributed by atoms with Crippen molar-refractivity contribution in [2.45, 2.75) is 26.2 Å². The van der Waals surface area contributed by atoms with Gasteiger partial charge in [-0.1, -0.05) is 54.6 Å². The normalized spacial score (nSPS) is 17.2. The highest BCUT2D eigenvalue weighted by atomic mass is 16.2. The minimum atomic E-state index is 0.127. The lowest BCUT2D eigenvalue weighted by Gasteiger charge is -2.35. The highest BCUT2D eigenvalue weighted by molar-refractivity contribution is 6.03. The molecule has 0 N–H and O–H groups in total. The van der Waals surface area contributed by atoms with Crippen molar-refractivity contribution >= 4 is 22.4 Å². The number of amides is 1. The van der Waals surface area contributed by atoms with Gasteiger partial charge in [-0.15, -0.1) is 0 Å². The molecule has 24 heavy (non-hydrogen) atoms. The Morgan fingerprint density at radius 2 is 1.75 bits per heavy atom. The fourth-order valence-electron chi connectivity index (χ4n) is 4.00. The third-order valence-corrected chi connectivity index (χ3v) is 5.15. The molecule has 1 aliphatic heterocycles. The maximum atomic E-state index is 12.7. The Balaban J connectivity index is 2.03. The Morgan fingerprint density at radius 3 is 2.54 bits per heavy atom. The third-order valence-electron chi connectivity index (χ3n) is 5.15. The topological polar surface area (TPSA) is 20.3 Å². The lowest BCUT2D eigenvalue weighted by molar-refractivity contribution is -0.119. The molecule has 3 aromatic carbocycles. The van der Waals surface area contributed by atoms with Crippen LogP contribution >= 0.6 is 0 Å². The Kier molecular flexibility index (Phi) is 3.61. The van der Waals surface area contributed by atoms with Gasteiger partial charge in [-0.3, -0.25) is 4.79 Å². The van der Waals surface area contributed by atoms with Crippen molar-refractivity contribution in [3.05, 3.63) is 77.4 Å². The number of rotatable bonds is 2. The van der Waals surface area contributed by atoms with Gasteiger partial charge < -0.3 is 4.90 Å². The maximum Gasteiger partial charge on any atom is 0.227 e. The van der Waals surface area contributed by atoms with Crippen LogP contribution in [0.5, 0.6) is 0 Å². The van der Waals surface area contributed by atoms with Gasteiger partial charge in [0.1, 0.15) is 0 Å². The van der Waals surface area contributed by atoms with Crippen LogP contribution in [0.4, 0.5) is 5.69 Å². The zero-order valence-corrected chi connectivity index (χ0v) is 14.1. The molecule has 2 heteroatoms. The second kappa shape index (κ2) is 5.79. The van der Waals surface area contributed by atoms with Crippen LogP contribution in [0.2, 0.25) is 0 Å². The van der Waals surface area contributed by atoms with Crippen molar-refractivity contribution in [2.75, 3.05) is 11.4 Å². The van der Waals surface area contributed by atoms with Gasteiger partial charge in [-0.2, -0.15) is 0 Å². The van der Waals surface area contributed by atoms with Crippen LogP contribution in [-0.4, -0.2) is 12.5 Å². The predicted molar refractivity (Wildman–Crippen MR) is 99.6 cm³/mol. The molecule has 0 radical (unpaired) electrons. The van der Waals surface area contributed by atoms with E-state index in [-0.39, 0.29) is 11.8 Å². The van der Waals surface area contributed by atoms with Crippen LogP contribution in [0.3, 0.4) is 0 Å². The summed E-state index contributed by atoms with van der Waals surface area (Å²) >= 11 is 0. The number of benzene rings is 3. The van der Waals surface area contributed by atoms with Crippen LogP contribution in [0.25, 0.3) is 10.8 Å². The molecule has 0 fully saturated rings. The van der Waals surface area contributed by atoms with E-state index in [0.29, 0.717) is 13.0 Å². The molecule has 4 rings (SSSR count). The summed E-state index contributed by atoms with van der Waals surface area (Å²) in [5, 5.41) is 2.49. The number of hydrogen-bond donors (Lipinski definition) is 0. The van der Waals surface area contributed by atoms with Gasteiger partial charge >= 0.3 is 0 Å². The molecule has 0 aliphatic carbocycles. The lowest BCUT2D eigenvalue weighted by Crippen LogP contribution is -2.37. The van der Waals surface area contributed by atoms with Gasteiger partial charge in [-0.05, 0) is 47.4 Å². The smallest absolute Gasteiger partial charge is 0.227 e. The number of nitrogens with zero attached hydrogens (tertiary/aromatic N) is 1. The van der Waals surface area contributed by atoms with E-state index in [1.165, 1.54) is 27.5 Å². The quantitative estimate of drug-likeness (QED) is 0.649. The van der Waals surface area contributed by atoms with Gasteiger partial charge in [-0.25, -0.2) is 0 Å². The van der Waals surface area contributed by atoms with Crippen molar-refractivity contribution in [1.29, 1.82) is 0 Å². The molecule has 1 atom stereocenters. The van der Waals surface area contributed by atoms with Crippen LogP contribution in [0.1, 0.15) is 36.0 Å². The first-order chi connectivity index (χ1) is 11.7. The Bertz CT molecular complexity index is 928. The lowest BCUT2D eigenvalue weighted by atomic mass is 9.80. The fraction of sp³-hybridized carbons (Fsp3) is 0.227. The first-order valence-corrected chi connectivity index (χ1v) is 8.58. The molecule has 1 unspecified atom stereocenters. The molecule has 0 saturated carbocycles. The summed E-state index contributed by atoms with van der Waals surface area (Å²) in [7, 11) is 0. The van der Waals surface area contributed by atoms with E-state index in [1.807, 2.05) is 11.8 Å². The van der Waals surface area contributed by atoms with E-state index in [9.17, 15) is 4.79 Å². The predicted octanol–water partition coefficient (Wildman–Crippen LogP) is 5.04. The zero-order valence-electron chi connectivity index (χ0n) is 14.1. The first kappa shape index (κ1) is 14.9. The Labute approximate surface area is 142 Å². The maximum absolute atomic E-state index is 12.7. The summed E-state index contributed by atoms with van der Waals surface area (Å²) in [5.41, 5.74) is 4.88. The van der Waals surface area contributed by atoms with Gasteiger partial charge in [0.25, 0.3) is 0 Å². The standard InChI is InChI=1S/C22H21NO/c1-3-23-20-13-12-16-9-5-7-11-18(16)22(20)19(14-21(23)24)17-10-6-4-8-15(17)2/h4-13,19H,3,14H2,1-2H3. The number of hydrogen-bond acceptors (Lipinski definition) is 1. The molecule has 120 valence electrons. The van der Waals surface area contributed by atoms with E-state index in [1.54, 1.807) is 0 Å². The molecule has 0 saturated heterocycles. The van der Waals surface area contributed by atoms with Crippen LogP contribution < -0.4 is 4.90 Å². The second-order valence-corrected chi connectivity index (χ2v) is 6.47. The monoisotopic (exact) mass is 315 g/mol. The van der Waals surface area contributed by atoms with Crippen molar-refractivity contribution in [1.82, 2.24) is 0 Å². The van der Waals surface area contributed by atoms with Crippen LogP contribution in [0.15, 0.2) is 60.7 Å². The van der Waals surface area contributed by atoms with Crippen molar-refractivity contribution in [2.24, 2.45) is 0 Å². The molecule has 0 aromatic heterocycles. The van der Waals surface area contributed by atoms with Gasteiger partial charge in [0.05, 0.1) is 0 Å². The molecule has 0 bridgehead atoms. The summed E-state index contributed by atoms with van der Waals surface area (Å²) in [4.78, 5) is 14.7. The largest absolute Gasteiger partial charge is 0.312 e. The number of carbonyl (C=O) groups is 1. The molecule has 3 aromatic rings. The average Bonchev–Trinajstić information content (AvgIpc) is 2.61. The highest BCUT2D eigenvalue weighted by Crippen LogP contribution is 2.44. The van der Waals surface area contributed by atoms with Crippen LogP contribution in [-0.2, 0) is 4.79 Å². The minimum Gasteiger partial charge on any atom is -0.312 e. The SMILES string of the molecule is CCN1C(=O)CC(c2ccccc2C)c2c1ccc1ccccc21. The zero-order chi connectivity index (χ0) is 16.7. The van der Waals surface area contributed by atoms with Gasteiger partial charge in [0.15, 0.2) is 0 Å². The summed E-state index contributed by atoms with van der Waals surface area (Å²) in [6.07, 6.45) is 0.541. The third kappa shape index (κ3) is 2.22. The molecule has 2 nitrogen and oxygen atoms in total. The Morgan fingerprint density at radius 1 is 1.00 bits per heavy atom. The molecule has 1 amide bonds. The van der Waals surface area contributed by atoms with E-state index in [0.717, 1.165) is 5.69 Å². The van der Waals surface area contributed by atoms with Gasteiger partial charge in [0, 0.05) is 24.6 Å². The van der Waals surface area contributed by atoms with Crippen molar-refractivity contribution in [3.8, 4) is 0 Å². The number of anilines is 1. The molecular formula is C22H21NO. The molecule has 0 spiro atoms. The summed E-state index contributed by atoms with van der Waals surface area (Å²) < 4.78 is 0. The Hall–Kier alpha value is -2.61. The van der Waals surface area contributed by atoms with Crippen LogP contribution in [0, 0.1) is 6.92 Å². The molecule has 1 aliphatic rings. The molecular weight excluding hydrogens is 294 g/mol. The van der Waals surface area contributed by atoms with E-state index >= 15 is 0 Å². The summed E-state index contributed by atoms with van der Waals surface area (Å²) in [5.74, 6) is 0.344. The summed E-state index contributed by atoms with van der Waals surface area (Å²) in [6.45, 7) is 4.90. The number of carbonyl (C=O) groups excluding carboxylic acids is 1. The van der Waals surface area contributed by atoms with E-state index in [4.69, 9.17) is 0 Å². The summed E-state index contributed by atoms with van der Waals surface area (Å²) in [6, 6.07) is 21.2. The number of fused-ring (bicyclic) bond motifs is 3. The van der Waals surface area contributed by atoms with Gasteiger partial charge in [0.2, 0.25) is 5.91 Å². The average molecular weight is 315 g/mol. The minimum absolute atomic E-state index is 0.127. The number of aryl methyl sites for hydroxylation is 1. The van der Waals surface area contributed by atoms with E-state index in [2.05, 4.69) is 67.6 Å². The highest BCUT2D eigenvalue weighted by Gasteiger charge is 2.33. The second-order valence-electron chi connectivity index (χ2n) is 6.47. The fourth-order valence-corrected chi connectivity index (χ4v) is 4.00. The van der Waals surface area contributed by atoms with Crippen molar-refractivity contribution < 1.29 is 4.79 Å². The molecule has 1 heterocycles.